The molecule has 2 aromatic rings. The van der Waals surface area contributed by atoms with Gasteiger partial charge in [0.25, 0.3) is 0 Å². The fraction of sp³-hybridized carbons (Fsp3) is 0.350. The van der Waals surface area contributed by atoms with Crippen molar-refractivity contribution in [1.29, 1.82) is 0 Å². The van der Waals surface area contributed by atoms with Crippen LogP contribution in [-0.2, 0) is 21.2 Å². The number of aryl methyl sites for hydroxylation is 1. The molecule has 0 aliphatic rings. The minimum Gasteiger partial charge on any atom is -0.497 e. The SMILES string of the molecule is COc1ccc(S(=O)(=O)N[C@@H](C)C(=O)N[C@@H](C)CCc2ccccc2)cc1. The van der Waals surface area contributed by atoms with Gasteiger partial charge in [-0.2, -0.15) is 4.72 Å². The second-order valence-electron chi connectivity index (χ2n) is 6.45. The van der Waals surface area contributed by atoms with E-state index in [1.165, 1.54) is 31.7 Å². The van der Waals surface area contributed by atoms with E-state index >= 15 is 0 Å². The third-order valence-electron chi connectivity index (χ3n) is 4.19. The van der Waals surface area contributed by atoms with E-state index < -0.39 is 16.1 Å². The molecule has 0 spiro atoms. The smallest absolute Gasteiger partial charge is 0.241 e. The molecule has 0 unspecified atom stereocenters. The van der Waals surface area contributed by atoms with Crippen molar-refractivity contribution >= 4 is 15.9 Å². The van der Waals surface area contributed by atoms with Crippen molar-refractivity contribution in [3.8, 4) is 5.75 Å². The zero-order valence-corrected chi connectivity index (χ0v) is 16.6. The molecule has 7 heteroatoms. The molecule has 0 aromatic heterocycles. The highest BCUT2D eigenvalue weighted by molar-refractivity contribution is 7.89. The van der Waals surface area contributed by atoms with Crippen LogP contribution in [0.25, 0.3) is 0 Å². The van der Waals surface area contributed by atoms with Crippen molar-refractivity contribution in [2.75, 3.05) is 7.11 Å². The number of sulfonamides is 1. The Morgan fingerprint density at radius 2 is 1.67 bits per heavy atom. The highest BCUT2D eigenvalue weighted by Crippen LogP contribution is 2.15. The van der Waals surface area contributed by atoms with Crippen molar-refractivity contribution in [3.05, 3.63) is 60.2 Å². The first-order chi connectivity index (χ1) is 12.8. The monoisotopic (exact) mass is 390 g/mol. The van der Waals surface area contributed by atoms with Gasteiger partial charge in [0.1, 0.15) is 5.75 Å². The Kier molecular flexibility index (Phi) is 7.38. The van der Waals surface area contributed by atoms with Gasteiger partial charge in [-0.25, -0.2) is 8.42 Å². The molecule has 0 bridgehead atoms. The van der Waals surface area contributed by atoms with E-state index in [9.17, 15) is 13.2 Å². The summed E-state index contributed by atoms with van der Waals surface area (Å²) in [6.07, 6.45) is 1.61. The lowest BCUT2D eigenvalue weighted by atomic mass is 10.1. The number of nitrogens with one attached hydrogen (secondary N) is 2. The predicted octanol–water partition coefficient (Wildman–Crippen LogP) is 2.50. The lowest BCUT2D eigenvalue weighted by molar-refractivity contribution is -0.123. The molecule has 2 aromatic carbocycles. The minimum absolute atomic E-state index is 0.0642. The molecule has 0 heterocycles. The summed E-state index contributed by atoms with van der Waals surface area (Å²) in [6, 6.07) is 15.1. The molecule has 2 rings (SSSR count). The Bertz CT molecular complexity index is 836. The number of carbonyl (C=O) groups is 1. The summed E-state index contributed by atoms with van der Waals surface area (Å²) in [4.78, 5) is 12.4. The quantitative estimate of drug-likeness (QED) is 0.689. The van der Waals surface area contributed by atoms with Crippen LogP contribution >= 0.6 is 0 Å². The molecule has 6 nitrogen and oxygen atoms in total. The largest absolute Gasteiger partial charge is 0.497 e. The van der Waals surface area contributed by atoms with E-state index in [1.807, 2.05) is 37.3 Å². The second kappa shape index (κ2) is 9.53. The van der Waals surface area contributed by atoms with Crippen LogP contribution in [0.5, 0.6) is 5.75 Å². The van der Waals surface area contributed by atoms with Crippen LogP contribution in [0.1, 0.15) is 25.8 Å². The molecular weight excluding hydrogens is 364 g/mol. The summed E-state index contributed by atoms with van der Waals surface area (Å²) in [5, 5.41) is 2.86. The Hall–Kier alpha value is -2.38. The zero-order chi connectivity index (χ0) is 19.9. The molecule has 0 radical (unpaired) electrons. The Labute approximate surface area is 161 Å². The first-order valence-electron chi connectivity index (χ1n) is 8.82. The average molecular weight is 391 g/mol. The summed E-state index contributed by atoms with van der Waals surface area (Å²) in [5.41, 5.74) is 1.20. The van der Waals surface area contributed by atoms with Crippen LogP contribution in [0, 0.1) is 0 Å². The van der Waals surface area contributed by atoms with Gasteiger partial charge in [-0.3, -0.25) is 4.79 Å². The van der Waals surface area contributed by atoms with Gasteiger partial charge in [0, 0.05) is 6.04 Å². The lowest BCUT2D eigenvalue weighted by Gasteiger charge is -2.18. The van der Waals surface area contributed by atoms with Gasteiger partial charge < -0.3 is 10.1 Å². The number of rotatable bonds is 9. The molecular formula is C20H26N2O4S. The van der Waals surface area contributed by atoms with E-state index in [0.717, 1.165) is 12.8 Å². The van der Waals surface area contributed by atoms with E-state index in [0.29, 0.717) is 5.75 Å². The van der Waals surface area contributed by atoms with Gasteiger partial charge in [0.15, 0.2) is 0 Å². The van der Waals surface area contributed by atoms with Crippen molar-refractivity contribution in [3.63, 3.8) is 0 Å². The van der Waals surface area contributed by atoms with Crippen LogP contribution < -0.4 is 14.8 Å². The Morgan fingerprint density at radius 1 is 1.04 bits per heavy atom. The van der Waals surface area contributed by atoms with Crippen molar-refractivity contribution in [1.82, 2.24) is 10.0 Å². The number of hydrogen-bond acceptors (Lipinski definition) is 4. The topological polar surface area (TPSA) is 84.5 Å². The Morgan fingerprint density at radius 3 is 2.26 bits per heavy atom. The molecule has 1 amide bonds. The number of ether oxygens (including phenoxy) is 1. The summed E-state index contributed by atoms with van der Waals surface area (Å²) < 4.78 is 32.3. The summed E-state index contributed by atoms with van der Waals surface area (Å²) in [7, 11) is -2.28. The van der Waals surface area contributed by atoms with E-state index in [-0.39, 0.29) is 16.8 Å². The third-order valence-corrected chi connectivity index (χ3v) is 5.75. The zero-order valence-electron chi connectivity index (χ0n) is 15.8. The molecule has 27 heavy (non-hydrogen) atoms. The number of hydrogen-bond donors (Lipinski definition) is 2. The second-order valence-corrected chi connectivity index (χ2v) is 8.17. The first-order valence-corrected chi connectivity index (χ1v) is 10.3. The fourth-order valence-corrected chi connectivity index (χ4v) is 3.78. The first kappa shape index (κ1) is 20.9. The number of carbonyl (C=O) groups excluding carboxylic acids is 1. The number of methoxy groups -OCH3 is 1. The van der Waals surface area contributed by atoms with Gasteiger partial charge in [0.05, 0.1) is 18.0 Å². The van der Waals surface area contributed by atoms with Gasteiger partial charge >= 0.3 is 0 Å². The molecule has 0 aliphatic heterocycles. The van der Waals surface area contributed by atoms with E-state index in [4.69, 9.17) is 4.74 Å². The van der Waals surface area contributed by atoms with Gasteiger partial charge in [-0.05, 0) is 56.5 Å². The lowest BCUT2D eigenvalue weighted by Crippen LogP contribution is -2.47. The number of amides is 1. The van der Waals surface area contributed by atoms with Crippen LogP contribution in [-0.4, -0.2) is 33.5 Å². The molecule has 2 N–H and O–H groups in total. The van der Waals surface area contributed by atoms with Crippen LogP contribution in [0.15, 0.2) is 59.5 Å². The molecule has 146 valence electrons. The van der Waals surface area contributed by atoms with Gasteiger partial charge in [0.2, 0.25) is 15.9 Å². The maximum atomic E-state index is 12.4. The van der Waals surface area contributed by atoms with Crippen molar-refractivity contribution in [2.24, 2.45) is 0 Å². The van der Waals surface area contributed by atoms with Crippen LogP contribution in [0.2, 0.25) is 0 Å². The average Bonchev–Trinajstić information content (AvgIpc) is 2.67. The summed E-state index contributed by atoms with van der Waals surface area (Å²) >= 11 is 0. The standard InChI is InChI=1S/C20H26N2O4S/c1-15(9-10-17-7-5-4-6-8-17)21-20(23)16(2)22-27(24,25)19-13-11-18(26-3)12-14-19/h4-8,11-16,22H,9-10H2,1-3H3,(H,21,23)/t15-,16-/m0/s1. The Balaban J connectivity index is 1.87. The molecule has 0 saturated carbocycles. The van der Waals surface area contributed by atoms with Gasteiger partial charge in [-0.1, -0.05) is 30.3 Å². The minimum atomic E-state index is -3.79. The van der Waals surface area contributed by atoms with E-state index in [2.05, 4.69) is 10.0 Å². The molecule has 0 fully saturated rings. The van der Waals surface area contributed by atoms with Crippen LogP contribution in [0.4, 0.5) is 0 Å². The third kappa shape index (κ3) is 6.37. The summed E-state index contributed by atoms with van der Waals surface area (Å²) in [5.74, 6) is 0.208. The molecule has 0 aliphatic carbocycles. The molecule has 0 saturated heterocycles. The summed E-state index contributed by atoms with van der Waals surface area (Å²) in [6.45, 7) is 3.44. The van der Waals surface area contributed by atoms with E-state index in [1.54, 1.807) is 12.1 Å². The highest BCUT2D eigenvalue weighted by atomic mass is 32.2. The number of benzene rings is 2. The van der Waals surface area contributed by atoms with Crippen molar-refractivity contribution < 1.29 is 17.9 Å². The fourth-order valence-electron chi connectivity index (χ4n) is 2.58. The van der Waals surface area contributed by atoms with Crippen molar-refractivity contribution in [2.45, 2.75) is 43.7 Å². The van der Waals surface area contributed by atoms with Gasteiger partial charge in [-0.15, -0.1) is 0 Å². The molecule has 2 atom stereocenters. The van der Waals surface area contributed by atoms with Crippen LogP contribution in [0.3, 0.4) is 0 Å². The predicted molar refractivity (Wildman–Crippen MR) is 105 cm³/mol. The normalized spacial score (nSPS) is 13.6. The maximum Gasteiger partial charge on any atom is 0.241 e. The highest BCUT2D eigenvalue weighted by Gasteiger charge is 2.23. The maximum absolute atomic E-state index is 12.4.